The summed E-state index contributed by atoms with van der Waals surface area (Å²) in [6.07, 6.45) is 3.90. The molecule has 0 aromatic heterocycles. The Morgan fingerprint density at radius 2 is 1.95 bits per heavy atom. The number of nitrogen functional groups attached to an aromatic ring is 1. The predicted octanol–water partition coefficient (Wildman–Crippen LogP) is 2.57. The van der Waals surface area contributed by atoms with E-state index in [2.05, 4.69) is 4.72 Å². The van der Waals surface area contributed by atoms with Crippen molar-refractivity contribution in [3.8, 4) is 0 Å². The van der Waals surface area contributed by atoms with E-state index in [1.807, 2.05) is 6.92 Å². The molecule has 1 aliphatic rings. The number of rotatable bonds is 3. The summed E-state index contributed by atoms with van der Waals surface area (Å²) in [5.41, 5.74) is 6.50. The van der Waals surface area contributed by atoms with Gasteiger partial charge in [-0.25, -0.2) is 17.5 Å². The van der Waals surface area contributed by atoms with Gasteiger partial charge >= 0.3 is 0 Å². The molecule has 1 aromatic rings. The molecule has 20 heavy (non-hydrogen) atoms. The number of sulfonamides is 1. The van der Waals surface area contributed by atoms with Crippen molar-refractivity contribution in [2.75, 3.05) is 5.73 Å². The zero-order valence-electron chi connectivity index (χ0n) is 11.8. The Hall–Kier alpha value is -1.14. The van der Waals surface area contributed by atoms with Crippen molar-refractivity contribution in [1.82, 2.24) is 4.72 Å². The average Bonchev–Trinajstić information content (AvgIpc) is 2.36. The Morgan fingerprint density at radius 3 is 2.60 bits per heavy atom. The predicted molar refractivity (Wildman–Crippen MR) is 77.3 cm³/mol. The SMILES string of the molecule is Cc1cc(F)c(S(=O)(=O)NC2CCCCC2C)cc1N. The second-order valence-corrected chi connectivity index (χ2v) is 7.31. The van der Waals surface area contributed by atoms with Gasteiger partial charge in [0.15, 0.2) is 0 Å². The molecule has 2 rings (SSSR count). The van der Waals surface area contributed by atoms with Crippen LogP contribution in [0.5, 0.6) is 0 Å². The molecule has 1 saturated carbocycles. The van der Waals surface area contributed by atoms with Crippen LogP contribution < -0.4 is 10.5 Å². The van der Waals surface area contributed by atoms with Crippen LogP contribution in [0, 0.1) is 18.7 Å². The second kappa shape index (κ2) is 5.69. The molecule has 4 nitrogen and oxygen atoms in total. The number of anilines is 1. The van der Waals surface area contributed by atoms with Gasteiger partial charge in [0, 0.05) is 11.7 Å². The van der Waals surface area contributed by atoms with Gasteiger partial charge in [-0.15, -0.1) is 0 Å². The average molecular weight is 300 g/mol. The minimum absolute atomic E-state index is 0.129. The minimum Gasteiger partial charge on any atom is -0.398 e. The molecule has 0 aliphatic heterocycles. The van der Waals surface area contributed by atoms with Gasteiger partial charge in [0.25, 0.3) is 0 Å². The van der Waals surface area contributed by atoms with Crippen LogP contribution in [0.3, 0.4) is 0 Å². The maximum atomic E-state index is 13.9. The molecule has 1 aliphatic carbocycles. The van der Waals surface area contributed by atoms with E-state index in [0.29, 0.717) is 5.56 Å². The summed E-state index contributed by atoms with van der Waals surface area (Å²) < 4.78 is 41.2. The highest BCUT2D eigenvalue weighted by Crippen LogP contribution is 2.27. The third kappa shape index (κ3) is 3.12. The maximum absolute atomic E-state index is 13.9. The molecular weight excluding hydrogens is 279 g/mol. The first kappa shape index (κ1) is 15.3. The van der Waals surface area contributed by atoms with Gasteiger partial charge in [0.1, 0.15) is 10.7 Å². The summed E-state index contributed by atoms with van der Waals surface area (Å²) in [5.74, 6) is -0.489. The Kier molecular flexibility index (Phi) is 4.34. The summed E-state index contributed by atoms with van der Waals surface area (Å²) in [4.78, 5) is -0.363. The van der Waals surface area contributed by atoms with Crippen molar-refractivity contribution < 1.29 is 12.8 Å². The minimum atomic E-state index is -3.87. The van der Waals surface area contributed by atoms with Gasteiger partial charge in [-0.1, -0.05) is 19.8 Å². The van der Waals surface area contributed by atoms with Crippen molar-refractivity contribution in [3.05, 3.63) is 23.5 Å². The van der Waals surface area contributed by atoms with E-state index in [1.165, 1.54) is 6.07 Å². The highest BCUT2D eigenvalue weighted by molar-refractivity contribution is 7.89. The van der Waals surface area contributed by atoms with E-state index in [9.17, 15) is 12.8 Å². The smallest absolute Gasteiger partial charge is 0.243 e. The maximum Gasteiger partial charge on any atom is 0.243 e. The zero-order valence-corrected chi connectivity index (χ0v) is 12.6. The van der Waals surface area contributed by atoms with E-state index >= 15 is 0 Å². The lowest BCUT2D eigenvalue weighted by atomic mass is 9.87. The number of nitrogens with one attached hydrogen (secondary N) is 1. The van der Waals surface area contributed by atoms with Gasteiger partial charge in [-0.2, -0.15) is 0 Å². The van der Waals surface area contributed by atoms with Gasteiger partial charge < -0.3 is 5.73 Å². The van der Waals surface area contributed by atoms with Crippen LogP contribution in [-0.4, -0.2) is 14.5 Å². The van der Waals surface area contributed by atoms with E-state index in [-0.39, 0.29) is 22.5 Å². The molecule has 1 fully saturated rings. The Labute approximate surface area is 119 Å². The van der Waals surface area contributed by atoms with Crippen molar-refractivity contribution in [1.29, 1.82) is 0 Å². The first-order valence-electron chi connectivity index (χ1n) is 6.89. The third-order valence-electron chi connectivity index (χ3n) is 4.03. The molecule has 3 N–H and O–H groups in total. The molecule has 2 unspecified atom stereocenters. The fourth-order valence-electron chi connectivity index (χ4n) is 2.63. The van der Waals surface area contributed by atoms with Crippen LogP contribution in [0.25, 0.3) is 0 Å². The summed E-state index contributed by atoms with van der Waals surface area (Å²) in [6.45, 7) is 3.66. The van der Waals surface area contributed by atoms with Crippen molar-refractivity contribution >= 4 is 15.7 Å². The summed E-state index contributed by atoms with van der Waals surface area (Å²) in [7, 11) is -3.87. The largest absolute Gasteiger partial charge is 0.398 e. The normalized spacial score (nSPS) is 23.8. The molecule has 0 amide bonds. The zero-order chi connectivity index (χ0) is 14.9. The summed E-state index contributed by atoms with van der Waals surface area (Å²) in [5, 5.41) is 0. The topological polar surface area (TPSA) is 72.2 Å². The molecule has 0 radical (unpaired) electrons. The summed E-state index contributed by atoms with van der Waals surface area (Å²) in [6, 6.07) is 2.23. The molecular formula is C14H21FN2O2S. The lowest BCUT2D eigenvalue weighted by Crippen LogP contribution is -2.41. The fraction of sp³-hybridized carbons (Fsp3) is 0.571. The Balaban J connectivity index is 2.28. The number of nitrogens with two attached hydrogens (primary N) is 1. The van der Waals surface area contributed by atoms with E-state index in [0.717, 1.165) is 31.7 Å². The molecule has 0 heterocycles. The van der Waals surface area contributed by atoms with Crippen LogP contribution in [0.1, 0.15) is 38.2 Å². The van der Waals surface area contributed by atoms with E-state index in [4.69, 9.17) is 5.73 Å². The first-order chi connectivity index (χ1) is 9.31. The number of benzene rings is 1. The molecule has 2 atom stereocenters. The van der Waals surface area contributed by atoms with Crippen LogP contribution in [0.4, 0.5) is 10.1 Å². The van der Waals surface area contributed by atoms with Crippen LogP contribution in [0.2, 0.25) is 0 Å². The molecule has 0 saturated heterocycles. The quantitative estimate of drug-likeness (QED) is 0.843. The molecule has 1 aromatic carbocycles. The van der Waals surface area contributed by atoms with Crippen LogP contribution in [0.15, 0.2) is 17.0 Å². The van der Waals surface area contributed by atoms with Gasteiger partial charge in [-0.3, -0.25) is 0 Å². The first-order valence-corrected chi connectivity index (χ1v) is 8.37. The van der Waals surface area contributed by atoms with Gasteiger partial charge in [-0.05, 0) is 43.4 Å². The standard InChI is InChI=1S/C14H21FN2O2S/c1-9-5-3-4-6-13(9)17-20(18,19)14-8-12(16)10(2)7-11(14)15/h7-9,13,17H,3-6,16H2,1-2H3. The van der Waals surface area contributed by atoms with E-state index in [1.54, 1.807) is 6.92 Å². The van der Waals surface area contributed by atoms with Gasteiger partial charge in [0.05, 0.1) is 0 Å². The van der Waals surface area contributed by atoms with Crippen molar-refractivity contribution in [2.24, 2.45) is 5.92 Å². The molecule has 6 heteroatoms. The van der Waals surface area contributed by atoms with Crippen LogP contribution >= 0.6 is 0 Å². The Bertz CT molecular complexity index is 601. The van der Waals surface area contributed by atoms with Crippen molar-refractivity contribution in [2.45, 2.75) is 50.5 Å². The third-order valence-corrected chi connectivity index (χ3v) is 5.53. The van der Waals surface area contributed by atoms with E-state index < -0.39 is 15.8 Å². The number of halogens is 1. The second-order valence-electron chi connectivity index (χ2n) is 5.63. The number of aryl methyl sites for hydroxylation is 1. The fourth-order valence-corrected chi connectivity index (χ4v) is 4.10. The molecule has 112 valence electrons. The highest BCUT2D eigenvalue weighted by atomic mass is 32.2. The summed E-state index contributed by atoms with van der Waals surface area (Å²) >= 11 is 0. The number of hydrogen-bond acceptors (Lipinski definition) is 3. The molecule has 0 spiro atoms. The number of hydrogen-bond donors (Lipinski definition) is 2. The Morgan fingerprint density at radius 1 is 1.30 bits per heavy atom. The molecule has 0 bridgehead atoms. The monoisotopic (exact) mass is 300 g/mol. The lowest BCUT2D eigenvalue weighted by molar-refractivity contribution is 0.310. The lowest BCUT2D eigenvalue weighted by Gasteiger charge is -2.29. The van der Waals surface area contributed by atoms with Crippen molar-refractivity contribution in [3.63, 3.8) is 0 Å². The van der Waals surface area contributed by atoms with Crippen LogP contribution in [-0.2, 0) is 10.0 Å². The van der Waals surface area contributed by atoms with Gasteiger partial charge in [0.2, 0.25) is 10.0 Å². The highest BCUT2D eigenvalue weighted by Gasteiger charge is 2.28.